The molecular weight excluding hydrogens is 526 g/mol. The number of amides is 1. The second-order valence-electron chi connectivity index (χ2n) is 11.5. The number of phenolic OH excluding ortho intramolecular Hbond substituents is 1. The zero-order valence-electron chi connectivity index (χ0n) is 24.8. The average Bonchev–Trinajstić information content (AvgIpc) is 3.31. The van der Waals surface area contributed by atoms with Crippen molar-refractivity contribution in [3.8, 4) is 5.75 Å². The number of nitrogens with one attached hydrogen (secondary N) is 2. The van der Waals surface area contributed by atoms with Crippen molar-refractivity contribution in [2.45, 2.75) is 51.4 Å². The standard InChI is InChI=1S/C31H49N3O7/c1-31-10-9-26-25-6-4-24(35)21-23(25)3-5-27(26)28(31)7-8-29(31)34-41-22-30(36)33-12-14-38-16-18-40-20-19-39-17-15-37-13-11-32-2/h4,6,21,26-28,32,35H,3,5,7-20,22H2,1-2H3,(H,33,36)/b34-29+/t26?,27?,28?,31-/m0/s1. The second kappa shape index (κ2) is 16.4. The smallest absolute Gasteiger partial charge is 0.260 e. The van der Waals surface area contributed by atoms with Gasteiger partial charge >= 0.3 is 0 Å². The monoisotopic (exact) mass is 575 g/mol. The summed E-state index contributed by atoms with van der Waals surface area (Å²) in [5.41, 5.74) is 3.89. The maximum absolute atomic E-state index is 12.2. The molecule has 0 bridgehead atoms. The number of carbonyl (C=O) groups is 1. The summed E-state index contributed by atoms with van der Waals surface area (Å²) < 4.78 is 21.8. The lowest BCUT2D eigenvalue weighted by Gasteiger charge is -2.49. The van der Waals surface area contributed by atoms with Gasteiger partial charge in [-0.2, -0.15) is 0 Å². The summed E-state index contributed by atoms with van der Waals surface area (Å²) in [6.07, 6.45) is 6.45. The maximum atomic E-state index is 12.2. The number of hydrogen-bond acceptors (Lipinski definition) is 9. The third-order valence-corrected chi connectivity index (χ3v) is 9.00. The van der Waals surface area contributed by atoms with Crippen LogP contribution >= 0.6 is 0 Å². The summed E-state index contributed by atoms with van der Waals surface area (Å²) in [6, 6.07) is 5.92. The van der Waals surface area contributed by atoms with Gasteiger partial charge in [0.2, 0.25) is 0 Å². The molecule has 3 aliphatic rings. The predicted molar refractivity (Wildman–Crippen MR) is 156 cm³/mol. The zero-order valence-corrected chi connectivity index (χ0v) is 24.8. The van der Waals surface area contributed by atoms with E-state index in [1.807, 2.05) is 19.2 Å². The van der Waals surface area contributed by atoms with E-state index in [0.29, 0.717) is 82.9 Å². The van der Waals surface area contributed by atoms with Crippen molar-refractivity contribution in [2.75, 3.05) is 79.6 Å². The molecule has 1 amide bonds. The highest BCUT2D eigenvalue weighted by molar-refractivity contribution is 5.92. The van der Waals surface area contributed by atoms with Gasteiger partial charge in [-0.05, 0) is 86.6 Å². The van der Waals surface area contributed by atoms with Crippen molar-refractivity contribution in [3.05, 3.63) is 29.3 Å². The molecule has 0 aliphatic heterocycles. The lowest BCUT2D eigenvalue weighted by molar-refractivity contribution is -0.125. The fraction of sp³-hybridized carbons (Fsp3) is 0.742. The maximum Gasteiger partial charge on any atom is 0.260 e. The fourth-order valence-corrected chi connectivity index (χ4v) is 6.93. The van der Waals surface area contributed by atoms with Crippen molar-refractivity contribution < 1.29 is 33.7 Å². The summed E-state index contributed by atoms with van der Waals surface area (Å²) in [7, 11) is 1.89. The van der Waals surface area contributed by atoms with Gasteiger partial charge in [0, 0.05) is 18.5 Å². The van der Waals surface area contributed by atoms with E-state index in [1.54, 1.807) is 0 Å². The molecule has 0 aromatic heterocycles. The molecule has 3 unspecified atom stereocenters. The number of aryl methyl sites for hydroxylation is 1. The minimum atomic E-state index is -0.197. The number of benzene rings is 1. The Hall–Kier alpha value is -2.24. The predicted octanol–water partition coefficient (Wildman–Crippen LogP) is 3.02. The first-order valence-corrected chi connectivity index (χ1v) is 15.3. The van der Waals surface area contributed by atoms with E-state index in [4.69, 9.17) is 23.8 Å². The van der Waals surface area contributed by atoms with Crippen LogP contribution in [0.25, 0.3) is 0 Å². The van der Waals surface area contributed by atoms with E-state index in [9.17, 15) is 9.90 Å². The van der Waals surface area contributed by atoms with E-state index >= 15 is 0 Å². The Balaban J connectivity index is 1.04. The summed E-state index contributed by atoms with van der Waals surface area (Å²) in [6.45, 7) is 7.72. The summed E-state index contributed by atoms with van der Waals surface area (Å²) >= 11 is 0. The summed E-state index contributed by atoms with van der Waals surface area (Å²) in [5, 5.41) is 20.2. The van der Waals surface area contributed by atoms with Gasteiger partial charge in [0.05, 0.1) is 58.6 Å². The highest BCUT2D eigenvalue weighted by Crippen LogP contribution is 2.60. The number of ether oxygens (including phenoxy) is 4. The minimum absolute atomic E-state index is 0.0364. The van der Waals surface area contributed by atoms with Gasteiger partial charge in [0.1, 0.15) is 5.75 Å². The first kappa shape index (κ1) is 31.7. The number of fused-ring (bicyclic) bond motifs is 5. The van der Waals surface area contributed by atoms with Gasteiger partial charge in [-0.3, -0.25) is 4.79 Å². The highest BCUT2D eigenvalue weighted by atomic mass is 16.6. The van der Waals surface area contributed by atoms with Gasteiger partial charge < -0.3 is 39.5 Å². The van der Waals surface area contributed by atoms with Crippen LogP contribution in [-0.2, 0) is 35.0 Å². The van der Waals surface area contributed by atoms with E-state index < -0.39 is 0 Å². The molecule has 0 radical (unpaired) electrons. The largest absolute Gasteiger partial charge is 0.508 e. The van der Waals surface area contributed by atoms with E-state index in [0.717, 1.165) is 50.8 Å². The third-order valence-electron chi connectivity index (χ3n) is 9.00. The molecule has 1 aromatic carbocycles. The zero-order chi connectivity index (χ0) is 28.9. The number of phenols is 1. The Bertz CT molecular complexity index is 990. The van der Waals surface area contributed by atoms with Crippen LogP contribution in [0, 0.1) is 17.3 Å². The van der Waals surface area contributed by atoms with Crippen LogP contribution in [0.15, 0.2) is 23.4 Å². The number of aromatic hydroxyl groups is 1. The molecule has 230 valence electrons. The Morgan fingerprint density at radius 3 is 2.34 bits per heavy atom. The summed E-state index contributed by atoms with van der Waals surface area (Å²) in [4.78, 5) is 17.8. The average molecular weight is 576 g/mol. The Kier molecular flexibility index (Phi) is 12.7. The second-order valence-corrected chi connectivity index (χ2v) is 11.5. The molecule has 3 N–H and O–H groups in total. The van der Waals surface area contributed by atoms with Gasteiger partial charge in [-0.1, -0.05) is 18.1 Å². The number of oxime groups is 1. The van der Waals surface area contributed by atoms with Crippen LogP contribution in [0.3, 0.4) is 0 Å². The number of carbonyl (C=O) groups excluding carboxylic acids is 1. The molecule has 0 spiro atoms. The van der Waals surface area contributed by atoms with Crippen LogP contribution in [0.2, 0.25) is 0 Å². The lowest BCUT2D eigenvalue weighted by Crippen LogP contribution is -2.42. The molecule has 10 nitrogen and oxygen atoms in total. The highest BCUT2D eigenvalue weighted by Gasteiger charge is 2.53. The first-order valence-electron chi connectivity index (χ1n) is 15.3. The van der Waals surface area contributed by atoms with E-state index in [1.165, 1.54) is 11.1 Å². The molecule has 0 saturated heterocycles. The molecule has 3 aliphatic carbocycles. The Morgan fingerprint density at radius 1 is 0.951 bits per heavy atom. The van der Waals surface area contributed by atoms with Crippen LogP contribution < -0.4 is 10.6 Å². The van der Waals surface area contributed by atoms with Crippen molar-refractivity contribution in [1.82, 2.24) is 10.6 Å². The number of likely N-dealkylation sites (N-methyl/N-ethyl adjacent to an activating group) is 1. The Morgan fingerprint density at radius 2 is 1.63 bits per heavy atom. The molecule has 41 heavy (non-hydrogen) atoms. The van der Waals surface area contributed by atoms with Crippen molar-refractivity contribution in [2.24, 2.45) is 22.4 Å². The quantitative estimate of drug-likeness (QED) is 0.181. The third kappa shape index (κ3) is 8.88. The SMILES string of the molecule is CNCCOCCOCCOCCOCCNC(=O)CO/N=C1\CCC2C3CCc4cc(O)ccc4C3CC[C@]12C. The number of rotatable bonds is 18. The van der Waals surface area contributed by atoms with Crippen molar-refractivity contribution >= 4 is 11.6 Å². The van der Waals surface area contributed by atoms with Gasteiger partial charge in [0.25, 0.3) is 5.91 Å². The van der Waals surface area contributed by atoms with Crippen LogP contribution in [0.4, 0.5) is 0 Å². The molecule has 10 heteroatoms. The molecule has 1 aromatic rings. The van der Waals surface area contributed by atoms with Gasteiger partial charge in [0.15, 0.2) is 6.61 Å². The molecular formula is C31H49N3O7. The van der Waals surface area contributed by atoms with Gasteiger partial charge in [-0.25, -0.2) is 0 Å². The number of hydrogen-bond donors (Lipinski definition) is 3. The van der Waals surface area contributed by atoms with Crippen LogP contribution in [0.1, 0.15) is 56.1 Å². The van der Waals surface area contributed by atoms with Crippen LogP contribution in [0.5, 0.6) is 5.75 Å². The Labute approximate surface area is 244 Å². The number of nitrogens with zero attached hydrogens (tertiary/aromatic N) is 1. The van der Waals surface area contributed by atoms with Crippen LogP contribution in [-0.4, -0.2) is 96.3 Å². The van der Waals surface area contributed by atoms with E-state index in [2.05, 4.69) is 28.8 Å². The van der Waals surface area contributed by atoms with E-state index in [-0.39, 0.29) is 17.9 Å². The minimum Gasteiger partial charge on any atom is -0.508 e. The molecule has 2 fully saturated rings. The molecule has 2 saturated carbocycles. The summed E-state index contributed by atoms with van der Waals surface area (Å²) in [5.74, 6) is 1.96. The van der Waals surface area contributed by atoms with Crippen molar-refractivity contribution in [3.63, 3.8) is 0 Å². The van der Waals surface area contributed by atoms with Gasteiger partial charge in [-0.15, -0.1) is 0 Å². The molecule has 0 heterocycles. The fourth-order valence-electron chi connectivity index (χ4n) is 6.93. The molecule has 4 atom stereocenters. The normalized spacial score (nSPS) is 25.9. The molecule has 4 rings (SSSR count). The topological polar surface area (TPSA) is 120 Å². The lowest BCUT2D eigenvalue weighted by atomic mass is 9.55. The van der Waals surface area contributed by atoms with Crippen molar-refractivity contribution in [1.29, 1.82) is 0 Å². The first-order chi connectivity index (χ1) is 20.0.